The molecule has 0 saturated carbocycles. The number of hydrogen-bond donors (Lipinski definition) is 1. The van der Waals surface area contributed by atoms with E-state index in [1.165, 1.54) is 16.2 Å². The van der Waals surface area contributed by atoms with Crippen LogP contribution in [0.3, 0.4) is 0 Å². The summed E-state index contributed by atoms with van der Waals surface area (Å²) in [7, 11) is 0. The van der Waals surface area contributed by atoms with Crippen LogP contribution in [0.2, 0.25) is 0 Å². The summed E-state index contributed by atoms with van der Waals surface area (Å²) < 4.78 is 0.961. The van der Waals surface area contributed by atoms with Crippen LogP contribution in [0.5, 0.6) is 0 Å². The van der Waals surface area contributed by atoms with E-state index in [4.69, 9.17) is 0 Å². The molecule has 0 fully saturated rings. The van der Waals surface area contributed by atoms with Crippen molar-refractivity contribution in [3.63, 3.8) is 0 Å². The van der Waals surface area contributed by atoms with Crippen molar-refractivity contribution in [2.24, 2.45) is 0 Å². The first-order valence-electron chi connectivity index (χ1n) is 5.61. The molecule has 3 nitrogen and oxygen atoms in total. The lowest BCUT2D eigenvalue weighted by molar-refractivity contribution is 0.0944. The Balaban J connectivity index is 2.02. The molecule has 0 aliphatic rings. The fourth-order valence-corrected chi connectivity index (χ4v) is 3.60. The van der Waals surface area contributed by atoms with Gasteiger partial charge in [-0.3, -0.25) is 4.79 Å². The van der Waals surface area contributed by atoms with Gasteiger partial charge in [0, 0.05) is 11.1 Å². The van der Waals surface area contributed by atoms with E-state index in [1.807, 2.05) is 25.3 Å². The van der Waals surface area contributed by atoms with Gasteiger partial charge in [-0.2, -0.15) is 0 Å². The van der Waals surface area contributed by atoms with Gasteiger partial charge in [0.15, 0.2) is 0 Å². The average molecular weight is 345 g/mol. The summed E-state index contributed by atoms with van der Waals surface area (Å²) >= 11 is 6.43. The lowest BCUT2D eigenvalue weighted by Gasteiger charge is -2.09. The number of halogens is 1. The number of thiophene rings is 1. The molecule has 1 unspecified atom stereocenters. The van der Waals surface area contributed by atoms with Gasteiger partial charge in [0.2, 0.25) is 0 Å². The van der Waals surface area contributed by atoms with Crippen molar-refractivity contribution >= 4 is 44.5 Å². The third kappa shape index (κ3) is 3.18. The molecule has 0 bridgehead atoms. The zero-order chi connectivity index (χ0) is 13.1. The lowest BCUT2D eigenvalue weighted by Crippen LogP contribution is -2.25. The second-order valence-electron chi connectivity index (χ2n) is 3.82. The van der Waals surface area contributed by atoms with Crippen LogP contribution in [0.25, 0.3) is 0 Å². The summed E-state index contributed by atoms with van der Waals surface area (Å²) in [6, 6.07) is 3.64. The van der Waals surface area contributed by atoms with Crippen LogP contribution in [0.15, 0.2) is 22.1 Å². The predicted molar refractivity (Wildman–Crippen MR) is 79.4 cm³/mol. The van der Waals surface area contributed by atoms with Gasteiger partial charge < -0.3 is 5.32 Å². The first-order valence-corrected chi connectivity index (χ1v) is 8.03. The van der Waals surface area contributed by atoms with E-state index in [9.17, 15) is 4.79 Å². The van der Waals surface area contributed by atoms with Gasteiger partial charge >= 0.3 is 0 Å². The molecular weight excluding hydrogens is 332 g/mol. The van der Waals surface area contributed by atoms with E-state index in [0.717, 1.165) is 15.2 Å². The van der Waals surface area contributed by atoms with Crippen molar-refractivity contribution in [1.82, 2.24) is 10.3 Å². The average Bonchev–Trinajstić information content (AvgIpc) is 2.97. The molecule has 0 spiro atoms. The van der Waals surface area contributed by atoms with E-state index < -0.39 is 0 Å². The highest BCUT2D eigenvalue weighted by molar-refractivity contribution is 9.11. The normalized spacial score (nSPS) is 12.4. The number of rotatable bonds is 4. The summed E-state index contributed by atoms with van der Waals surface area (Å²) in [6.07, 6.45) is 2.86. The Morgan fingerprint density at radius 1 is 1.50 bits per heavy atom. The highest BCUT2D eigenvalue weighted by Crippen LogP contribution is 2.24. The van der Waals surface area contributed by atoms with Gasteiger partial charge in [-0.1, -0.05) is 6.92 Å². The SMILES string of the molecule is CCc1cnc(C(C)NC(=O)c2ccc(Br)s2)s1. The number of thiazole rings is 1. The standard InChI is InChI=1S/C12H13BrN2OS2/c1-3-8-6-14-12(17-8)7(2)15-11(16)9-4-5-10(13)18-9/h4-7H,3H2,1-2H3,(H,15,16). The van der Waals surface area contributed by atoms with Crippen LogP contribution >= 0.6 is 38.6 Å². The first kappa shape index (κ1) is 13.7. The maximum absolute atomic E-state index is 12.0. The van der Waals surface area contributed by atoms with Crippen molar-refractivity contribution in [2.75, 3.05) is 0 Å². The minimum atomic E-state index is -0.0522. The molecule has 2 aromatic rings. The van der Waals surface area contributed by atoms with Crippen LogP contribution in [0.4, 0.5) is 0 Å². The van der Waals surface area contributed by atoms with Gasteiger partial charge in [0.1, 0.15) is 5.01 Å². The number of carbonyl (C=O) groups is 1. The number of nitrogens with zero attached hydrogens (tertiary/aromatic N) is 1. The molecule has 96 valence electrons. The molecule has 18 heavy (non-hydrogen) atoms. The number of amides is 1. The molecule has 2 heterocycles. The second kappa shape index (κ2) is 5.95. The molecule has 1 atom stereocenters. The Morgan fingerprint density at radius 2 is 2.28 bits per heavy atom. The maximum atomic E-state index is 12.0. The van der Waals surface area contributed by atoms with Crippen LogP contribution < -0.4 is 5.32 Å². The topological polar surface area (TPSA) is 42.0 Å². The Kier molecular flexibility index (Phi) is 4.53. The van der Waals surface area contributed by atoms with Gasteiger partial charge in [-0.25, -0.2) is 4.98 Å². The third-order valence-corrected chi connectivity index (χ3v) is 5.38. The van der Waals surface area contributed by atoms with Gasteiger partial charge in [-0.15, -0.1) is 22.7 Å². The number of carbonyl (C=O) groups excluding carboxylic acids is 1. The maximum Gasteiger partial charge on any atom is 0.261 e. The second-order valence-corrected chi connectivity index (χ2v) is 7.43. The number of aryl methyl sites for hydroxylation is 1. The molecule has 0 aliphatic heterocycles. The third-order valence-electron chi connectivity index (χ3n) is 2.43. The Labute approximate surface area is 122 Å². The Morgan fingerprint density at radius 3 is 2.83 bits per heavy atom. The Bertz CT molecular complexity index is 550. The van der Waals surface area contributed by atoms with E-state index in [2.05, 4.69) is 33.2 Å². The monoisotopic (exact) mass is 344 g/mol. The van der Waals surface area contributed by atoms with E-state index >= 15 is 0 Å². The smallest absolute Gasteiger partial charge is 0.261 e. The summed E-state index contributed by atoms with van der Waals surface area (Å²) in [6.45, 7) is 4.06. The summed E-state index contributed by atoms with van der Waals surface area (Å²) in [5, 5.41) is 3.92. The Hall–Kier alpha value is -0.720. The van der Waals surface area contributed by atoms with E-state index in [-0.39, 0.29) is 11.9 Å². The van der Waals surface area contributed by atoms with Crippen molar-refractivity contribution in [3.8, 4) is 0 Å². The van der Waals surface area contributed by atoms with Crippen LogP contribution in [-0.2, 0) is 6.42 Å². The van der Waals surface area contributed by atoms with Crippen LogP contribution in [0.1, 0.15) is 39.4 Å². The number of aromatic nitrogens is 1. The van der Waals surface area contributed by atoms with Gasteiger partial charge in [0.25, 0.3) is 5.91 Å². The number of nitrogens with one attached hydrogen (secondary N) is 1. The molecule has 1 N–H and O–H groups in total. The molecule has 0 aromatic carbocycles. The highest BCUT2D eigenvalue weighted by Gasteiger charge is 2.15. The summed E-state index contributed by atoms with van der Waals surface area (Å²) in [4.78, 5) is 18.3. The van der Waals surface area contributed by atoms with Gasteiger partial charge in [-0.05, 0) is 41.4 Å². The van der Waals surface area contributed by atoms with Crippen molar-refractivity contribution in [2.45, 2.75) is 26.3 Å². The predicted octanol–water partition coefficient (Wildman–Crippen LogP) is 4.02. The molecule has 0 saturated heterocycles. The zero-order valence-corrected chi connectivity index (χ0v) is 13.3. The number of hydrogen-bond acceptors (Lipinski definition) is 4. The molecular formula is C12H13BrN2OS2. The molecule has 0 aliphatic carbocycles. The lowest BCUT2D eigenvalue weighted by atomic mass is 10.3. The highest BCUT2D eigenvalue weighted by atomic mass is 79.9. The van der Waals surface area contributed by atoms with Gasteiger partial charge in [0.05, 0.1) is 14.7 Å². The molecule has 2 aromatic heterocycles. The largest absolute Gasteiger partial charge is 0.342 e. The molecule has 0 radical (unpaired) electrons. The molecule has 1 amide bonds. The summed E-state index contributed by atoms with van der Waals surface area (Å²) in [5.41, 5.74) is 0. The zero-order valence-electron chi connectivity index (χ0n) is 10.1. The minimum absolute atomic E-state index is 0.0496. The van der Waals surface area contributed by atoms with E-state index in [1.54, 1.807) is 11.3 Å². The van der Waals surface area contributed by atoms with Crippen LogP contribution in [-0.4, -0.2) is 10.9 Å². The van der Waals surface area contributed by atoms with E-state index in [0.29, 0.717) is 4.88 Å². The summed E-state index contributed by atoms with van der Waals surface area (Å²) in [5.74, 6) is -0.0496. The quantitative estimate of drug-likeness (QED) is 0.909. The van der Waals surface area contributed by atoms with Crippen molar-refractivity contribution in [1.29, 1.82) is 0 Å². The molecule has 2 rings (SSSR count). The van der Waals surface area contributed by atoms with Crippen molar-refractivity contribution < 1.29 is 4.79 Å². The van der Waals surface area contributed by atoms with Crippen LogP contribution in [0, 0.1) is 0 Å². The fraction of sp³-hybridized carbons (Fsp3) is 0.333. The molecule has 6 heteroatoms. The fourth-order valence-electron chi connectivity index (χ4n) is 1.45. The minimum Gasteiger partial charge on any atom is -0.342 e. The van der Waals surface area contributed by atoms with Crippen molar-refractivity contribution in [3.05, 3.63) is 36.9 Å². The first-order chi connectivity index (χ1) is 8.60.